The molecule has 7 aromatic carbocycles. The van der Waals surface area contributed by atoms with Crippen molar-refractivity contribution in [3.8, 4) is 73.6 Å². The quantitative estimate of drug-likeness (QED) is 0.176. The van der Waals surface area contributed by atoms with Gasteiger partial charge in [0.2, 0.25) is 0 Å². The maximum Gasteiger partial charge on any atom is 0.164 e. The van der Waals surface area contributed by atoms with Crippen LogP contribution in [0.4, 0.5) is 0 Å². The van der Waals surface area contributed by atoms with Gasteiger partial charge in [0.25, 0.3) is 0 Å². The predicted octanol–water partition coefficient (Wildman–Crippen LogP) is 13.0. The number of hydrogen-bond donors (Lipinski definition) is 0. The minimum atomic E-state index is 0.110. The summed E-state index contributed by atoms with van der Waals surface area (Å²) in [5.41, 5.74) is 14.3. The van der Waals surface area contributed by atoms with Gasteiger partial charge in [0.15, 0.2) is 17.5 Å². The average Bonchev–Trinajstić information content (AvgIpc) is 3.59. The molecule has 4 heteroatoms. The molecule has 13 rings (SSSR count). The Morgan fingerprint density at radius 3 is 1.66 bits per heavy atom. The molecule has 0 radical (unpaired) electrons. The molecular weight excluding hydrogens is 705 g/mol. The van der Waals surface area contributed by atoms with Crippen molar-refractivity contribution in [1.82, 2.24) is 15.0 Å². The van der Waals surface area contributed by atoms with E-state index in [1.807, 2.05) is 48.5 Å². The highest BCUT2D eigenvalue weighted by Gasteiger charge is 2.62. The molecule has 276 valence electrons. The van der Waals surface area contributed by atoms with Crippen LogP contribution in [-0.4, -0.2) is 15.0 Å². The number of nitrogens with zero attached hydrogens (tertiary/aromatic N) is 4. The smallest absolute Gasteiger partial charge is 0.164 e. The van der Waals surface area contributed by atoms with E-state index in [0.717, 1.165) is 45.9 Å². The Labute approximate surface area is 338 Å². The van der Waals surface area contributed by atoms with E-state index in [0.29, 0.717) is 23.0 Å². The molecule has 8 aromatic rings. The predicted molar refractivity (Wildman–Crippen MR) is 232 cm³/mol. The minimum Gasteiger partial charge on any atom is -0.208 e. The van der Waals surface area contributed by atoms with E-state index in [1.165, 1.54) is 70.7 Å². The largest absolute Gasteiger partial charge is 0.208 e. The van der Waals surface area contributed by atoms with Gasteiger partial charge in [-0.25, -0.2) is 15.0 Å². The lowest BCUT2D eigenvalue weighted by atomic mass is 9.43. The van der Waals surface area contributed by atoms with Gasteiger partial charge in [-0.1, -0.05) is 140 Å². The number of hydrogen-bond acceptors (Lipinski definition) is 4. The lowest BCUT2D eigenvalue weighted by Crippen LogP contribution is -2.55. The first-order chi connectivity index (χ1) is 28.6. The van der Waals surface area contributed by atoms with Gasteiger partial charge in [-0.3, -0.25) is 0 Å². The Morgan fingerprint density at radius 1 is 0.448 bits per heavy atom. The Hall–Kier alpha value is -6.70. The van der Waals surface area contributed by atoms with Crippen molar-refractivity contribution in [1.29, 1.82) is 5.26 Å². The summed E-state index contributed by atoms with van der Waals surface area (Å²) in [4.78, 5) is 14.6. The van der Waals surface area contributed by atoms with Gasteiger partial charge < -0.3 is 0 Å². The van der Waals surface area contributed by atoms with Gasteiger partial charge >= 0.3 is 0 Å². The highest BCUT2D eigenvalue weighted by atomic mass is 15.0. The van der Waals surface area contributed by atoms with Crippen molar-refractivity contribution in [2.45, 2.75) is 37.5 Å². The monoisotopic (exact) mass is 744 g/mol. The van der Waals surface area contributed by atoms with Crippen LogP contribution in [0.1, 0.15) is 48.8 Å². The van der Waals surface area contributed by atoms with Crippen LogP contribution in [0.15, 0.2) is 158 Å². The molecule has 0 aliphatic heterocycles. The van der Waals surface area contributed by atoms with E-state index in [1.54, 1.807) is 17.2 Å². The van der Waals surface area contributed by atoms with Gasteiger partial charge in [-0.05, 0) is 129 Å². The van der Waals surface area contributed by atoms with E-state index < -0.39 is 0 Å². The summed E-state index contributed by atoms with van der Waals surface area (Å²) in [6.45, 7) is 0. The third-order valence-electron chi connectivity index (χ3n) is 14.1. The fraction of sp³-hybridized carbons (Fsp3) is 0.185. The molecule has 5 aliphatic rings. The maximum absolute atomic E-state index is 9.54. The van der Waals surface area contributed by atoms with Crippen molar-refractivity contribution in [2.75, 3.05) is 0 Å². The molecule has 4 bridgehead atoms. The number of rotatable bonds is 5. The van der Waals surface area contributed by atoms with Crippen molar-refractivity contribution in [3.63, 3.8) is 0 Å². The molecule has 4 nitrogen and oxygen atoms in total. The van der Waals surface area contributed by atoms with Crippen molar-refractivity contribution >= 4 is 10.8 Å². The van der Waals surface area contributed by atoms with E-state index in [4.69, 9.17) is 15.0 Å². The van der Waals surface area contributed by atoms with E-state index >= 15 is 0 Å². The molecule has 4 fully saturated rings. The molecular formula is C54H40N4. The standard InChI is InChI=1S/C54H40N4/c55-32-33-7-6-11-43(26-33)53-57-51(40-9-2-1-3-10-40)56-52(58-53)41-19-17-37(18-20-41)36-13-15-38(16-14-36)42-22-23-47-48-24-21-39-8-4-5-12-46(39)50(48)54(49(47)31-42)44-27-34-25-35(29-44)30-45(54)28-34/h1-24,26,31,34-35,44-45H,25,27-30H2. The van der Waals surface area contributed by atoms with Crippen molar-refractivity contribution in [2.24, 2.45) is 23.7 Å². The number of benzene rings is 7. The maximum atomic E-state index is 9.54. The highest BCUT2D eigenvalue weighted by Crippen LogP contribution is 2.70. The average molecular weight is 745 g/mol. The zero-order valence-corrected chi connectivity index (χ0v) is 32.1. The fourth-order valence-electron chi connectivity index (χ4n) is 11.9. The SMILES string of the molecule is N#Cc1cccc(-c2nc(-c3ccccc3)nc(-c3ccc(-c4ccc(-c5ccc6c(c5)C5(c7c-6ccc6ccccc76)C6CC7CC(C6)CC5C7)cc4)cc3)n2)c1. The Balaban J connectivity index is 0.885. The summed E-state index contributed by atoms with van der Waals surface area (Å²) >= 11 is 0. The summed E-state index contributed by atoms with van der Waals surface area (Å²) in [7, 11) is 0. The first-order valence-corrected chi connectivity index (χ1v) is 20.8. The third-order valence-corrected chi connectivity index (χ3v) is 14.1. The molecule has 0 amide bonds. The van der Waals surface area contributed by atoms with Crippen LogP contribution in [0, 0.1) is 35.0 Å². The van der Waals surface area contributed by atoms with Gasteiger partial charge in [0.1, 0.15) is 0 Å². The van der Waals surface area contributed by atoms with Crippen LogP contribution < -0.4 is 0 Å². The van der Waals surface area contributed by atoms with Crippen LogP contribution in [0.5, 0.6) is 0 Å². The van der Waals surface area contributed by atoms with E-state index in [9.17, 15) is 5.26 Å². The second-order valence-electron chi connectivity index (χ2n) is 17.2. The van der Waals surface area contributed by atoms with Crippen molar-refractivity contribution < 1.29 is 0 Å². The first kappa shape index (κ1) is 33.4. The number of fused-ring (bicyclic) bond motifs is 5. The lowest BCUT2D eigenvalue weighted by Gasteiger charge is -2.61. The van der Waals surface area contributed by atoms with Crippen LogP contribution in [0.2, 0.25) is 0 Å². The highest BCUT2D eigenvalue weighted by molar-refractivity contribution is 5.98. The third kappa shape index (κ3) is 5.09. The zero-order chi connectivity index (χ0) is 38.4. The van der Waals surface area contributed by atoms with Crippen LogP contribution in [0.3, 0.4) is 0 Å². The molecule has 1 aromatic heterocycles. The normalized spacial score (nSPS) is 22.2. The second kappa shape index (κ2) is 12.9. The van der Waals surface area contributed by atoms with E-state index in [-0.39, 0.29) is 5.41 Å². The molecule has 0 atom stereocenters. The molecule has 5 aliphatic carbocycles. The molecule has 58 heavy (non-hydrogen) atoms. The Bertz CT molecular complexity index is 2930. The first-order valence-electron chi connectivity index (χ1n) is 20.8. The summed E-state index contributed by atoms with van der Waals surface area (Å²) in [6, 6.07) is 58.6. The van der Waals surface area contributed by atoms with Crippen molar-refractivity contribution in [3.05, 3.63) is 174 Å². The Morgan fingerprint density at radius 2 is 0.983 bits per heavy atom. The fourth-order valence-corrected chi connectivity index (χ4v) is 11.9. The summed E-state index contributed by atoms with van der Waals surface area (Å²) < 4.78 is 0. The Kier molecular flexibility index (Phi) is 7.45. The second-order valence-corrected chi connectivity index (χ2v) is 17.2. The minimum absolute atomic E-state index is 0.110. The zero-order valence-electron chi connectivity index (χ0n) is 32.1. The van der Waals surface area contributed by atoms with E-state index in [2.05, 4.69) is 109 Å². The van der Waals surface area contributed by atoms with Gasteiger partial charge in [-0.2, -0.15) is 5.26 Å². The molecule has 0 N–H and O–H groups in total. The molecule has 1 heterocycles. The molecule has 4 saturated carbocycles. The van der Waals surface area contributed by atoms with Gasteiger partial charge in [-0.15, -0.1) is 0 Å². The molecule has 0 saturated heterocycles. The molecule has 0 unspecified atom stereocenters. The summed E-state index contributed by atoms with van der Waals surface area (Å²) in [6.07, 6.45) is 6.98. The summed E-state index contributed by atoms with van der Waals surface area (Å²) in [5.74, 6) is 5.00. The topological polar surface area (TPSA) is 62.5 Å². The number of nitriles is 1. The van der Waals surface area contributed by atoms with Crippen LogP contribution >= 0.6 is 0 Å². The van der Waals surface area contributed by atoms with Gasteiger partial charge in [0, 0.05) is 22.1 Å². The van der Waals surface area contributed by atoms with Crippen LogP contribution in [-0.2, 0) is 5.41 Å². The molecule has 1 spiro atoms. The van der Waals surface area contributed by atoms with Gasteiger partial charge in [0.05, 0.1) is 11.6 Å². The number of aromatic nitrogens is 3. The summed E-state index contributed by atoms with van der Waals surface area (Å²) in [5, 5.41) is 12.4. The lowest BCUT2D eigenvalue weighted by molar-refractivity contribution is -0.0393. The van der Waals surface area contributed by atoms with Crippen LogP contribution in [0.25, 0.3) is 78.3 Å².